The lowest BCUT2D eigenvalue weighted by Crippen LogP contribution is -2.27. The van der Waals surface area contributed by atoms with Gasteiger partial charge in [-0.3, -0.25) is 0 Å². The highest BCUT2D eigenvalue weighted by Gasteiger charge is 2.19. The van der Waals surface area contributed by atoms with Crippen molar-refractivity contribution in [3.8, 4) is 5.69 Å². The Labute approximate surface area is 101 Å². The Balaban J connectivity index is 2.11. The fourth-order valence-corrected chi connectivity index (χ4v) is 2.32. The topological polar surface area (TPSA) is 47.1 Å². The van der Waals surface area contributed by atoms with Crippen molar-refractivity contribution in [3.63, 3.8) is 0 Å². The van der Waals surface area contributed by atoms with Gasteiger partial charge >= 0.3 is 0 Å². The first-order valence-electron chi connectivity index (χ1n) is 5.85. The van der Waals surface area contributed by atoms with Crippen molar-refractivity contribution >= 4 is 5.69 Å². The number of hydrogen-bond acceptors (Lipinski definition) is 3. The second kappa shape index (κ2) is 3.89. The van der Waals surface area contributed by atoms with Crippen molar-refractivity contribution in [1.29, 1.82) is 0 Å². The van der Waals surface area contributed by atoms with Crippen molar-refractivity contribution in [1.82, 2.24) is 14.7 Å². The molecule has 88 valence electrons. The molecule has 0 unspecified atom stereocenters. The van der Waals surface area contributed by atoms with Crippen molar-refractivity contribution in [2.75, 3.05) is 19.3 Å². The zero-order chi connectivity index (χ0) is 11.8. The van der Waals surface area contributed by atoms with Crippen molar-refractivity contribution in [2.45, 2.75) is 13.0 Å². The summed E-state index contributed by atoms with van der Waals surface area (Å²) in [6.07, 6.45) is 3.04. The average Bonchev–Trinajstić information content (AvgIpc) is 2.72. The van der Waals surface area contributed by atoms with E-state index in [2.05, 4.69) is 17.0 Å². The monoisotopic (exact) mass is 228 g/mol. The Hall–Kier alpha value is -1.81. The van der Waals surface area contributed by atoms with E-state index in [1.165, 1.54) is 11.3 Å². The molecule has 1 aliphatic rings. The number of aromatic nitrogens is 2. The predicted molar refractivity (Wildman–Crippen MR) is 68.0 cm³/mol. The second-order valence-electron chi connectivity index (χ2n) is 4.57. The lowest BCUT2D eigenvalue weighted by atomic mass is 10.1. The number of hydrogen-bond donors (Lipinski definition) is 1. The van der Waals surface area contributed by atoms with E-state index in [1.54, 1.807) is 0 Å². The Bertz CT molecular complexity index is 544. The molecule has 4 nitrogen and oxygen atoms in total. The van der Waals surface area contributed by atoms with Gasteiger partial charge in [0.05, 0.1) is 23.3 Å². The van der Waals surface area contributed by atoms with E-state index < -0.39 is 0 Å². The Morgan fingerprint density at radius 1 is 1.29 bits per heavy atom. The molecule has 2 N–H and O–H groups in total. The third-order valence-electron chi connectivity index (χ3n) is 3.30. The Morgan fingerprint density at radius 2 is 2.12 bits per heavy atom. The summed E-state index contributed by atoms with van der Waals surface area (Å²) in [4.78, 5) is 2.31. The maximum Gasteiger partial charge on any atom is 0.0878 e. The van der Waals surface area contributed by atoms with E-state index >= 15 is 0 Å². The van der Waals surface area contributed by atoms with Crippen LogP contribution in [0.15, 0.2) is 30.5 Å². The molecule has 0 atom stereocenters. The minimum absolute atomic E-state index is 0.770. The van der Waals surface area contributed by atoms with Crippen LogP contribution < -0.4 is 5.73 Å². The van der Waals surface area contributed by atoms with Crippen LogP contribution in [0.1, 0.15) is 11.3 Å². The number of nitrogens with zero attached hydrogens (tertiary/aromatic N) is 3. The molecule has 0 fully saturated rings. The summed E-state index contributed by atoms with van der Waals surface area (Å²) in [7, 11) is 2.13. The highest BCUT2D eigenvalue weighted by molar-refractivity contribution is 5.57. The molecule has 0 bridgehead atoms. The van der Waals surface area contributed by atoms with Crippen LogP contribution >= 0.6 is 0 Å². The number of rotatable bonds is 1. The van der Waals surface area contributed by atoms with Crippen molar-refractivity contribution in [3.05, 3.63) is 41.7 Å². The van der Waals surface area contributed by atoms with Gasteiger partial charge in [-0.05, 0) is 31.2 Å². The minimum atomic E-state index is 0.770. The van der Waals surface area contributed by atoms with Crippen molar-refractivity contribution < 1.29 is 0 Å². The summed E-state index contributed by atoms with van der Waals surface area (Å²) in [6.45, 7) is 2.03. The molecule has 0 amide bonds. The van der Waals surface area contributed by atoms with Gasteiger partial charge in [0.2, 0.25) is 0 Å². The molecular formula is C13H16N4. The molecule has 0 saturated heterocycles. The van der Waals surface area contributed by atoms with Gasteiger partial charge in [0.1, 0.15) is 0 Å². The summed E-state index contributed by atoms with van der Waals surface area (Å²) in [5, 5.41) is 4.47. The third kappa shape index (κ3) is 1.70. The first-order chi connectivity index (χ1) is 8.25. The molecule has 1 aliphatic heterocycles. The molecule has 2 aromatic rings. The summed E-state index contributed by atoms with van der Waals surface area (Å²) < 4.78 is 1.97. The van der Waals surface area contributed by atoms with Crippen LogP contribution in [0.3, 0.4) is 0 Å². The van der Waals surface area contributed by atoms with E-state index in [-0.39, 0.29) is 0 Å². The van der Waals surface area contributed by atoms with E-state index in [1.807, 2.05) is 35.1 Å². The maximum atomic E-state index is 6.01. The summed E-state index contributed by atoms with van der Waals surface area (Å²) in [6, 6.07) is 7.86. The van der Waals surface area contributed by atoms with Gasteiger partial charge < -0.3 is 10.6 Å². The van der Waals surface area contributed by atoms with Gasteiger partial charge in [-0.25, -0.2) is 4.68 Å². The van der Waals surface area contributed by atoms with Crippen LogP contribution in [0.5, 0.6) is 0 Å². The quantitative estimate of drug-likeness (QED) is 0.751. The van der Waals surface area contributed by atoms with Crippen LogP contribution in [0.4, 0.5) is 5.69 Å². The van der Waals surface area contributed by atoms with Gasteiger partial charge in [0.25, 0.3) is 0 Å². The van der Waals surface area contributed by atoms with E-state index in [0.29, 0.717) is 0 Å². The van der Waals surface area contributed by atoms with Gasteiger partial charge in [-0.2, -0.15) is 5.10 Å². The second-order valence-corrected chi connectivity index (χ2v) is 4.57. The van der Waals surface area contributed by atoms with Crippen LogP contribution in [-0.2, 0) is 13.0 Å². The summed E-state index contributed by atoms with van der Waals surface area (Å²) >= 11 is 0. The fourth-order valence-electron chi connectivity index (χ4n) is 2.32. The smallest absolute Gasteiger partial charge is 0.0878 e. The molecule has 1 aromatic heterocycles. The molecule has 0 aliphatic carbocycles. The Kier molecular flexibility index (Phi) is 2.37. The standard InChI is InChI=1S/C13H16N4/c1-16-7-6-10-8-15-17(13(10)9-16)12-5-3-2-4-11(12)14/h2-5,8H,6-7,9,14H2,1H3. The molecule has 0 saturated carbocycles. The maximum absolute atomic E-state index is 6.01. The van der Waals surface area contributed by atoms with Gasteiger partial charge in [-0.15, -0.1) is 0 Å². The molecular weight excluding hydrogens is 212 g/mol. The number of nitrogens with two attached hydrogens (primary N) is 1. The molecule has 1 aromatic carbocycles. The van der Waals surface area contributed by atoms with E-state index in [9.17, 15) is 0 Å². The molecule has 0 radical (unpaired) electrons. The SMILES string of the molecule is CN1CCc2cnn(-c3ccccc3N)c2C1. The molecule has 0 spiro atoms. The van der Waals surface area contributed by atoms with E-state index in [0.717, 1.165) is 30.9 Å². The van der Waals surface area contributed by atoms with E-state index in [4.69, 9.17) is 5.73 Å². The summed E-state index contributed by atoms with van der Waals surface area (Å²) in [5.41, 5.74) is 10.4. The predicted octanol–water partition coefficient (Wildman–Crippen LogP) is 1.44. The fraction of sp³-hybridized carbons (Fsp3) is 0.308. The molecule has 17 heavy (non-hydrogen) atoms. The highest BCUT2D eigenvalue weighted by atomic mass is 15.3. The number of likely N-dealkylation sites (N-methyl/N-ethyl adjacent to an activating group) is 1. The van der Waals surface area contributed by atoms with Crippen LogP contribution in [0.25, 0.3) is 5.69 Å². The molecule has 3 rings (SSSR count). The molecule has 4 heteroatoms. The lowest BCUT2D eigenvalue weighted by molar-refractivity contribution is 0.305. The zero-order valence-electron chi connectivity index (χ0n) is 9.93. The summed E-state index contributed by atoms with van der Waals surface area (Å²) in [5.74, 6) is 0. The van der Waals surface area contributed by atoms with Crippen LogP contribution in [0.2, 0.25) is 0 Å². The van der Waals surface area contributed by atoms with Gasteiger partial charge in [-0.1, -0.05) is 12.1 Å². The first-order valence-corrected chi connectivity index (χ1v) is 5.85. The average molecular weight is 228 g/mol. The number of benzene rings is 1. The highest BCUT2D eigenvalue weighted by Crippen LogP contribution is 2.23. The number of anilines is 1. The van der Waals surface area contributed by atoms with Crippen LogP contribution in [0, 0.1) is 0 Å². The zero-order valence-corrected chi connectivity index (χ0v) is 9.93. The number of para-hydroxylation sites is 2. The lowest BCUT2D eigenvalue weighted by Gasteiger charge is -2.23. The molecule has 2 heterocycles. The third-order valence-corrected chi connectivity index (χ3v) is 3.30. The van der Waals surface area contributed by atoms with Crippen LogP contribution in [-0.4, -0.2) is 28.3 Å². The Morgan fingerprint density at radius 3 is 2.94 bits per heavy atom. The normalized spacial score (nSPS) is 15.8. The van der Waals surface area contributed by atoms with Gasteiger partial charge in [0, 0.05) is 13.1 Å². The van der Waals surface area contributed by atoms with Crippen molar-refractivity contribution in [2.24, 2.45) is 0 Å². The van der Waals surface area contributed by atoms with Gasteiger partial charge in [0.15, 0.2) is 0 Å². The minimum Gasteiger partial charge on any atom is -0.397 e. The number of nitrogen functional groups attached to an aromatic ring is 1. The number of fused-ring (bicyclic) bond motifs is 1. The first kappa shape index (κ1) is 10.4. The largest absolute Gasteiger partial charge is 0.397 e.